The molecule has 0 atom stereocenters. The third-order valence-corrected chi connectivity index (χ3v) is 4.58. The summed E-state index contributed by atoms with van der Waals surface area (Å²) in [5.74, 6) is -0.749. The van der Waals surface area contributed by atoms with Gasteiger partial charge in [-0.3, -0.25) is 14.6 Å². The first-order chi connectivity index (χ1) is 16.2. The van der Waals surface area contributed by atoms with E-state index in [4.69, 9.17) is 9.47 Å². The molecule has 0 radical (unpaired) electrons. The Bertz CT molecular complexity index is 1210. The molecule has 0 aliphatic heterocycles. The predicted molar refractivity (Wildman–Crippen MR) is 119 cm³/mol. The summed E-state index contributed by atoms with van der Waals surface area (Å²) in [5.41, 5.74) is -0.550. The quantitative estimate of drug-likeness (QED) is 0.495. The first-order valence-electron chi connectivity index (χ1n) is 9.85. The van der Waals surface area contributed by atoms with Gasteiger partial charge in [-0.05, 0) is 54.1 Å². The number of hydrogen-bond acceptors (Lipinski definition) is 5. The number of aromatic nitrogens is 1. The molecule has 2 N–H and O–H groups in total. The third-order valence-electron chi connectivity index (χ3n) is 4.58. The van der Waals surface area contributed by atoms with Gasteiger partial charge in [-0.15, -0.1) is 0 Å². The summed E-state index contributed by atoms with van der Waals surface area (Å²) >= 11 is 0. The molecule has 1 heterocycles. The van der Waals surface area contributed by atoms with E-state index < -0.39 is 23.6 Å². The summed E-state index contributed by atoms with van der Waals surface area (Å²) in [4.78, 5) is 29.7. The second-order valence-corrected chi connectivity index (χ2v) is 6.90. The van der Waals surface area contributed by atoms with Crippen LogP contribution in [-0.2, 0) is 11.0 Å². The molecular formula is C24H20F3N3O4. The Balaban J connectivity index is 1.90. The van der Waals surface area contributed by atoms with Crippen molar-refractivity contribution >= 4 is 23.6 Å². The topological polar surface area (TPSA) is 89.5 Å². The van der Waals surface area contributed by atoms with E-state index in [1.165, 1.54) is 63.0 Å². The fourth-order valence-corrected chi connectivity index (χ4v) is 2.93. The van der Waals surface area contributed by atoms with Crippen LogP contribution in [0.15, 0.2) is 72.7 Å². The lowest BCUT2D eigenvalue weighted by atomic mass is 10.1. The summed E-state index contributed by atoms with van der Waals surface area (Å²) in [6.07, 6.45) is -0.229. The zero-order valence-corrected chi connectivity index (χ0v) is 18.1. The van der Waals surface area contributed by atoms with Crippen LogP contribution in [0.2, 0.25) is 0 Å². The Kier molecular flexibility index (Phi) is 7.52. The number of amides is 2. The van der Waals surface area contributed by atoms with Crippen molar-refractivity contribution in [1.82, 2.24) is 10.3 Å². The molecule has 34 heavy (non-hydrogen) atoms. The molecule has 0 aliphatic rings. The number of nitrogens with zero attached hydrogens (tertiary/aromatic N) is 1. The lowest BCUT2D eigenvalue weighted by Crippen LogP contribution is -2.30. The van der Waals surface area contributed by atoms with Crippen LogP contribution in [0.4, 0.5) is 18.9 Å². The lowest BCUT2D eigenvalue weighted by Gasteiger charge is -2.14. The number of methoxy groups -OCH3 is 2. The first kappa shape index (κ1) is 24.3. The number of carbonyl (C=O) groups excluding carboxylic acids is 2. The van der Waals surface area contributed by atoms with Crippen molar-refractivity contribution < 1.29 is 32.2 Å². The van der Waals surface area contributed by atoms with Crippen molar-refractivity contribution in [1.29, 1.82) is 0 Å². The third kappa shape index (κ3) is 6.12. The van der Waals surface area contributed by atoms with Crippen LogP contribution >= 0.6 is 0 Å². The number of ether oxygens (including phenoxy) is 2. The van der Waals surface area contributed by atoms with Crippen LogP contribution in [-0.4, -0.2) is 31.0 Å². The molecule has 1 aromatic heterocycles. The van der Waals surface area contributed by atoms with Gasteiger partial charge >= 0.3 is 6.18 Å². The van der Waals surface area contributed by atoms with Crippen molar-refractivity contribution in [3.8, 4) is 11.5 Å². The van der Waals surface area contributed by atoms with E-state index in [2.05, 4.69) is 15.6 Å². The van der Waals surface area contributed by atoms with Crippen molar-refractivity contribution in [3.63, 3.8) is 0 Å². The predicted octanol–water partition coefficient (Wildman–Crippen LogP) is 4.53. The number of rotatable bonds is 7. The summed E-state index contributed by atoms with van der Waals surface area (Å²) in [7, 11) is 2.86. The molecule has 10 heteroatoms. The van der Waals surface area contributed by atoms with Crippen LogP contribution in [0, 0.1) is 0 Å². The number of halogens is 3. The standard InChI is InChI=1S/C24H20F3N3O4/c1-33-20-9-8-16(12-21(20)34-2)22(31)30-19(11-15-5-4-10-28-14-15)23(32)29-18-7-3-6-17(13-18)24(25,26)27/h3-14H,1-2H3,(H,29,32)(H,30,31). The van der Waals surface area contributed by atoms with E-state index in [1.807, 2.05) is 0 Å². The van der Waals surface area contributed by atoms with E-state index in [0.717, 1.165) is 12.1 Å². The summed E-state index contributed by atoms with van der Waals surface area (Å²) in [6, 6.07) is 11.9. The minimum atomic E-state index is -4.57. The van der Waals surface area contributed by atoms with Crippen LogP contribution in [0.25, 0.3) is 6.08 Å². The maximum Gasteiger partial charge on any atom is 0.416 e. The molecule has 3 rings (SSSR count). The van der Waals surface area contributed by atoms with Gasteiger partial charge in [0, 0.05) is 23.6 Å². The normalized spacial score (nSPS) is 11.5. The fourth-order valence-electron chi connectivity index (χ4n) is 2.93. The van der Waals surface area contributed by atoms with Crippen LogP contribution in [0.1, 0.15) is 21.5 Å². The lowest BCUT2D eigenvalue weighted by molar-refractivity contribution is -0.137. The molecule has 0 spiro atoms. The average Bonchev–Trinajstić information content (AvgIpc) is 2.83. The number of benzene rings is 2. The Morgan fingerprint density at radius 2 is 1.74 bits per heavy atom. The zero-order chi connectivity index (χ0) is 24.7. The summed E-state index contributed by atoms with van der Waals surface area (Å²) < 4.78 is 49.4. The van der Waals surface area contributed by atoms with Gasteiger partial charge in [0.1, 0.15) is 5.70 Å². The Morgan fingerprint density at radius 3 is 2.38 bits per heavy atom. The monoisotopic (exact) mass is 471 g/mol. The number of hydrogen-bond donors (Lipinski definition) is 2. The number of carbonyl (C=O) groups is 2. The summed E-state index contributed by atoms with van der Waals surface area (Å²) in [5, 5.41) is 4.88. The van der Waals surface area contributed by atoms with Crippen LogP contribution in [0.3, 0.4) is 0 Å². The van der Waals surface area contributed by atoms with E-state index in [-0.39, 0.29) is 16.9 Å². The van der Waals surface area contributed by atoms with E-state index in [1.54, 1.807) is 12.1 Å². The van der Waals surface area contributed by atoms with Gasteiger partial charge in [0.2, 0.25) is 0 Å². The van der Waals surface area contributed by atoms with Crippen molar-refractivity contribution in [3.05, 3.63) is 89.4 Å². The van der Waals surface area contributed by atoms with Gasteiger partial charge in [-0.1, -0.05) is 12.1 Å². The SMILES string of the molecule is COc1ccc(C(=O)NC(=Cc2cccnc2)C(=O)Nc2cccc(C(F)(F)F)c2)cc1OC. The van der Waals surface area contributed by atoms with Crippen molar-refractivity contribution in [2.45, 2.75) is 6.18 Å². The highest BCUT2D eigenvalue weighted by atomic mass is 19.4. The minimum absolute atomic E-state index is 0.0859. The van der Waals surface area contributed by atoms with Crippen LogP contribution < -0.4 is 20.1 Å². The van der Waals surface area contributed by atoms with Crippen molar-refractivity contribution in [2.75, 3.05) is 19.5 Å². The molecule has 0 saturated carbocycles. The van der Waals surface area contributed by atoms with Gasteiger partial charge in [-0.25, -0.2) is 0 Å². The Hall–Kier alpha value is -4.34. The highest BCUT2D eigenvalue weighted by molar-refractivity contribution is 6.10. The number of anilines is 1. The van der Waals surface area contributed by atoms with Gasteiger partial charge in [0.05, 0.1) is 19.8 Å². The molecule has 176 valence electrons. The Morgan fingerprint density at radius 1 is 0.971 bits per heavy atom. The number of nitrogens with one attached hydrogen (secondary N) is 2. The maximum atomic E-state index is 13.0. The van der Waals surface area contributed by atoms with Crippen LogP contribution in [0.5, 0.6) is 11.5 Å². The smallest absolute Gasteiger partial charge is 0.416 e. The van der Waals surface area contributed by atoms with Crippen molar-refractivity contribution in [2.24, 2.45) is 0 Å². The van der Waals surface area contributed by atoms with E-state index in [0.29, 0.717) is 17.1 Å². The number of pyridine rings is 1. The first-order valence-corrected chi connectivity index (χ1v) is 9.85. The van der Waals surface area contributed by atoms with Gasteiger partial charge in [-0.2, -0.15) is 13.2 Å². The summed E-state index contributed by atoms with van der Waals surface area (Å²) in [6.45, 7) is 0. The molecule has 0 aliphatic carbocycles. The molecule has 0 saturated heterocycles. The van der Waals surface area contributed by atoms with Gasteiger partial charge in [0.15, 0.2) is 11.5 Å². The second-order valence-electron chi connectivity index (χ2n) is 6.90. The molecule has 0 bridgehead atoms. The van der Waals surface area contributed by atoms with E-state index in [9.17, 15) is 22.8 Å². The molecular weight excluding hydrogens is 451 g/mol. The molecule has 0 unspecified atom stereocenters. The average molecular weight is 471 g/mol. The minimum Gasteiger partial charge on any atom is -0.493 e. The molecule has 2 aromatic carbocycles. The van der Waals surface area contributed by atoms with Gasteiger partial charge in [0.25, 0.3) is 11.8 Å². The molecule has 0 fully saturated rings. The Labute approximate surface area is 193 Å². The number of alkyl halides is 3. The van der Waals surface area contributed by atoms with E-state index >= 15 is 0 Å². The molecule has 3 aromatic rings. The van der Waals surface area contributed by atoms with Gasteiger partial charge < -0.3 is 20.1 Å². The highest BCUT2D eigenvalue weighted by Crippen LogP contribution is 2.31. The maximum absolute atomic E-state index is 13.0. The second kappa shape index (κ2) is 10.5. The zero-order valence-electron chi connectivity index (χ0n) is 18.1. The largest absolute Gasteiger partial charge is 0.493 e. The fraction of sp³-hybridized carbons (Fsp3) is 0.125. The highest BCUT2D eigenvalue weighted by Gasteiger charge is 2.30. The molecule has 2 amide bonds. The molecule has 7 nitrogen and oxygen atoms in total.